The van der Waals surface area contributed by atoms with Crippen molar-refractivity contribution in [3.05, 3.63) is 82.0 Å². The van der Waals surface area contributed by atoms with Crippen LogP contribution in [0.15, 0.2) is 64.6 Å². The molecule has 2 heterocycles. The van der Waals surface area contributed by atoms with Crippen LogP contribution >= 0.6 is 0 Å². The molecule has 1 aromatic carbocycles. The van der Waals surface area contributed by atoms with Crippen LogP contribution in [-0.4, -0.2) is 26.9 Å². The minimum absolute atomic E-state index is 0.241. The molecule has 3 aromatic rings. The van der Waals surface area contributed by atoms with Gasteiger partial charge in [-0.15, -0.1) is 0 Å². The van der Waals surface area contributed by atoms with E-state index < -0.39 is 5.91 Å². The predicted octanol–water partition coefficient (Wildman–Crippen LogP) is 1.63. The highest BCUT2D eigenvalue weighted by atomic mass is 16.2. The Hall–Kier alpha value is -3.48. The fourth-order valence-corrected chi connectivity index (χ4v) is 2.18. The first-order chi connectivity index (χ1) is 11.7. The summed E-state index contributed by atoms with van der Waals surface area (Å²) in [7, 11) is 0. The molecule has 0 aliphatic heterocycles. The summed E-state index contributed by atoms with van der Waals surface area (Å²) in [5.74, 6) is -0.441. The lowest BCUT2D eigenvalue weighted by atomic mass is 10.3. The third-order valence-electron chi connectivity index (χ3n) is 3.39. The smallest absolute Gasteiger partial charge is 0.289 e. The molecule has 120 valence electrons. The number of aryl methyl sites for hydroxylation is 1. The predicted molar refractivity (Wildman–Crippen MR) is 90.4 cm³/mol. The van der Waals surface area contributed by atoms with Crippen LogP contribution in [0.3, 0.4) is 0 Å². The molecule has 1 amide bonds. The maximum absolute atomic E-state index is 12.5. The summed E-state index contributed by atoms with van der Waals surface area (Å²) in [4.78, 5) is 28.2. The van der Waals surface area contributed by atoms with Gasteiger partial charge in [0.15, 0.2) is 0 Å². The highest BCUT2D eigenvalue weighted by molar-refractivity contribution is 5.93. The van der Waals surface area contributed by atoms with Crippen molar-refractivity contribution in [1.82, 2.24) is 20.2 Å². The van der Waals surface area contributed by atoms with Crippen molar-refractivity contribution in [3.8, 4) is 5.69 Å². The number of rotatable bonds is 4. The van der Waals surface area contributed by atoms with Gasteiger partial charge in [0.05, 0.1) is 17.5 Å². The van der Waals surface area contributed by atoms with Gasteiger partial charge in [0.25, 0.3) is 11.5 Å². The van der Waals surface area contributed by atoms with Crippen LogP contribution in [0.25, 0.3) is 5.69 Å². The van der Waals surface area contributed by atoms with Crippen LogP contribution in [0.2, 0.25) is 0 Å². The maximum atomic E-state index is 12.5. The van der Waals surface area contributed by atoms with Crippen molar-refractivity contribution in [2.45, 2.75) is 6.92 Å². The van der Waals surface area contributed by atoms with E-state index in [-0.39, 0.29) is 11.3 Å². The number of nitrogens with zero attached hydrogens (tertiary/aromatic N) is 3. The number of carbonyl (C=O) groups is 1. The summed E-state index contributed by atoms with van der Waals surface area (Å²) in [6.45, 7) is 1.77. The van der Waals surface area contributed by atoms with Crippen molar-refractivity contribution in [3.63, 3.8) is 0 Å². The highest BCUT2D eigenvalue weighted by Gasteiger charge is 2.10. The van der Waals surface area contributed by atoms with Gasteiger partial charge in [-0.2, -0.15) is 5.10 Å². The molecular formula is C17H15N5O2. The zero-order valence-electron chi connectivity index (χ0n) is 12.9. The molecular weight excluding hydrogens is 306 g/mol. The standard InChI is InChI=1S/C17H15N5O2/c1-12-14(11-19-20-16(23)15-9-5-6-10-18-15)17(24)22(21-12)13-7-3-2-4-8-13/h2-11,21H,1H3,(H,20,23)/b19-11+. The summed E-state index contributed by atoms with van der Waals surface area (Å²) >= 11 is 0. The van der Waals surface area contributed by atoms with Crippen molar-refractivity contribution in [2.24, 2.45) is 5.10 Å². The fourth-order valence-electron chi connectivity index (χ4n) is 2.18. The average Bonchev–Trinajstić information content (AvgIpc) is 2.91. The lowest BCUT2D eigenvalue weighted by molar-refractivity contribution is 0.0950. The van der Waals surface area contributed by atoms with Gasteiger partial charge < -0.3 is 0 Å². The van der Waals surface area contributed by atoms with Gasteiger partial charge in [0.1, 0.15) is 5.69 Å². The van der Waals surface area contributed by atoms with Crippen molar-refractivity contribution < 1.29 is 4.79 Å². The number of nitrogens with one attached hydrogen (secondary N) is 2. The number of hydrazone groups is 1. The Kier molecular flexibility index (Phi) is 4.33. The summed E-state index contributed by atoms with van der Waals surface area (Å²) in [6, 6.07) is 14.2. The van der Waals surface area contributed by atoms with Crippen LogP contribution in [0.1, 0.15) is 21.7 Å². The van der Waals surface area contributed by atoms with Gasteiger partial charge >= 0.3 is 0 Å². The first-order valence-electron chi connectivity index (χ1n) is 7.28. The monoisotopic (exact) mass is 321 g/mol. The third-order valence-corrected chi connectivity index (χ3v) is 3.39. The summed E-state index contributed by atoms with van der Waals surface area (Å²) in [5, 5.41) is 6.84. The summed E-state index contributed by atoms with van der Waals surface area (Å²) in [6.07, 6.45) is 2.85. The van der Waals surface area contributed by atoms with E-state index in [0.29, 0.717) is 11.3 Å². The molecule has 0 saturated heterocycles. The SMILES string of the molecule is Cc1[nH]n(-c2ccccc2)c(=O)c1/C=N/NC(=O)c1ccccn1. The maximum Gasteiger partial charge on any atom is 0.289 e. The molecule has 0 unspecified atom stereocenters. The number of amides is 1. The topological polar surface area (TPSA) is 92.1 Å². The van der Waals surface area contributed by atoms with E-state index in [0.717, 1.165) is 5.69 Å². The number of hydrogen-bond donors (Lipinski definition) is 2. The Morgan fingerprint density at radius 1 is 1.21 bits per heavy atom. The molecule has 0 fully saturated rings. The van der Waals surface area contributed by atoms with E-state index in [1.165, 1.54) is 17.1 Å². The number of aromatic nitrogens is 3. The van der Waals surface area contributed by atoms with Crippen LogP contribution in [0.5, 0.6) is 0 Å². The number of pyridine rings is 1. The molecule has 0 saturated carbocycles. The van der Waals surface area contributed by atoms with Gasteiger partial charge in [0, 0.05) is 11.9 Å². The first kappa shape index (κ1) is 15.4. The van der Waals surface area contributed by atoms with E-state index in [1.54, 1.807) is 25.1 Å². The molecule has 0 bridgehead atoms. The van der Waals surface area contributed by atoms with Crippen LogP contribution in [0, 0.1) is 6.92 Å². The summed E-state index contributed by atoms with van der Waals surface area (Å²) < 4.78 is 1.43. The van der Waals surface area contributed by atoms with Gasteiger partial charge in [-0.25, -0.2) is 10.1 Å². The lowest BCUT2D eigenvalue weighted by Crippen LogP contribution is -2.20. The minimum Gasteiger partial charge on any atom is -0.295 e. The number of hydrogen-bond acceptors (Lipinski definition) is 4. The van der Waals surface area contributed by atoms with Gasteiger partial charge in [-0.05, 0) is 31.2 Å². The zero-order chi connectivity index (χ0) is 16.9. The molecule has 2 N–H and O–H groups in total. The molecule has 24 heavy (non-hydrogen) atoms. The molecule has 7 heteroatoms. The normalized spacial score (nSPS) is 10.9. The second-order valence-corrected chi connectivity index (χ2v) is 5.04. The Morgan fingerprint density at radius 3 is 2.67 bits per heavy atom. The zero-order valence-corrected chi connectivity index (χ0v) is 12.9. The van der Waals surface area contributed by atoms with Gasteiger partial charge in [0.2, 0.25) is 0 Å². The molecule has 3 rings (SSSR count). The van der Waals surface area contributed by atoms with Crippen LogP contribution in [-0.2, 0) is 0 Å². The second-order valence-electron chi connectivity index (χ2n) is 5.04. The van der Waals surface area contributed by atoms with Crippen molar-refractivity contribution in [2.75, 3.05) is 0 Å². The number of carbonyl (C=O) groups excluding carboxylic acids is 1. The second kappa shape index (κ2) is 6.74. The molecule has 0 aliphatic carbocycles. The molecule has 2 aromatic heterocycles. The molecule has 0 aliphatic rings. The fraction of sp³-hybridized carbons (Fsp3) is 0.0588. The average molecular weight is 321 g/mol. The van der Waals surface area contributed by atoms with Crippen molar-refractivity contribution >= 4 is 12.1 Å². The van der Waals surface area contributed by atoms with Crippen LogP contribution < -0.4 is 11.0 Å². The molecule has 0 radical (unpaired) electrons. The van der Waals surface area contributed by atoms with Crippen LogP contribution in [0.4, 0.5) is 0 Å². The van der Waals surface area contributed by atoms with E-state index >= 15 is 0 Å². The summed E-state index contributed by atoms with van der Waals surface area (Å²) in [5.41, 5.74) is 4.12. The Morgan fingerprint density at radius 2 is 1.96 bits per heavy atom. The quantitative estimate of drug-likeness (QED) is 0.565. The van der Waals surface area contributed by atoms with E-state index in [9.17, 15) is 9.59 Å². The minimum atomic E-state index is -0.441. The number of aromatic amines is 1. The van der Waals surface area contributed by atoms with E-state index in [2.05, 4.69) is 20.6 Å². The molecule has 7 nitrogen and oxygen atoms in total. The number of benzene rings is 1. The van der Waals surface area contributed by atoms with Gasteiger partial charge in [-0.1, -0.05) is 24.3 Å². The Balaban J connectivity index is 1.80. The first-order valence-corrected chi connectivity index (χ1v) is 7.28. The number of H-pyrrole nitrogens is 1. The molecule has 0 atom stereocenters. The largest absolute Gasteiger partial charge is 0.295 e. The Bertz CT molecular complexity index is 927. The Labute approximate surface area is 137 Å². The highest BCUT2D eigenvalue weighted by Crippen LogP contribution is 2.05. The van der Waals surface area contributed by atoms with Crippen molar-refractivity contribution in [1.29, 1.82) is 0 Å². The van der Waals surface area contributed by atoms with E-state index in [4.69, 9.17) is 0 Å². The molecule has 0 spiro atoms. The third kappa shape index (κ3) is 3.14. The number of para-hydroxylation sites is 1. The van der Waals surface area contributed by atoms with Gasteiger partial charge in [-0.3, -0.25) is 19.7 Å². The lowest BCUT2D eigenvalue weighted by Gasteiger charge is -1.99. The van der Waals surface area contributed by atoms with E-state index in [1.807, 2.05) is 30.3 Å².